The zero-order valence-corrected chi connectivity index (χ0v) is 13.0. The summed E-state index contributed by atoms with van der Waals surface area (Å²) in [5, 5.41) is 12.3. The van der Waals surface area contributed by atoms with Gasteiger partial charge in [0.1, 0.15) is 5.75 Å². The number of nitrogens with zero attached hydrogens (tertiary/aromatic N) is 1. The third-order valence-electron chi connectivity index (χ3n) is 4.04. The van der Waals surface area contributed by atoms with Crippen LogP contribution in [0.25, 0.3) is 0 Å². The van der Waals surface area contributed by atoms with E-state index < -0.39 is 16.1 Å². The maximum atomic E-state index is 12.7. The van der Waals surface area contributed by atoms with Gasteiger partial charge in [0.05, 0.1) is 16.7 Å². The van der Waals surface area contributed by atoms with Crippen molar-refractivity contribution in [3.63, 3.8) is 0 Å². The van der Waals surface area contributed by atoms with Crippen molar-refractivity contribution in [2.75, 3.05) is 25.0 Å². The smallest absolute Gasteiger partial charge is 0.262 e. The predicted molar refractivity (Wildman–Crippen MR) is 79.1 cm³/mol. The number of carbonyl (C=O) groups is 1. The molecule has 7 nitrogen and oxygen atoms in total. The van der Waals surface area contributed by atoms with Crippen LogP contribution in [-0.4, -0.2) is 49.5 Å². The van der Waals surface area contributed by atoms with Gasteiger partial charge < -0.3 is 15.2 Å². The number of nitrogens with one attached hydrogen (secondary N) is 1. The van der Waals surface area contributed by atoms with Gasteiger partial charge in [0, 0.05) is 13.1 Å². The van der Waals surface area contributed by atoms with Crippen LogP contribution in [0.3, 0.4) is 0 Å². The number of hydrogen-bond donors (Lipinski definition) is 2. The Morgan fingerprint density at radius 2 is 2.18 bits per heavy atom. The van der Waals surface area contributed by atoms with Crippen molar-refractivity contribution in [1.82, 2.24) is 4.31 Å². The number of rotatable bonds is 2. The second-order valence-electron chi connectivity index (χ2n) is 5.69. The van der Waals surface area contributed by atoms with Crippen molar-refractivity contribution in [3.05, 3.63) is 18.2 Å². The van der Waals surface area contributed by atoms with Crippen LogP contribution in [0, 0.1) is 5.92 Å². The summed E-state index contributed by atoms with van der Waals surface area (Å²) in [6, 6.07) is 4.43. The molecule has 2 aliphatic heterocycles. The molecular weight excluding hydrogens is 308 g/mol. The van der Waals surface area contributed by atoms with Gasteiger partial charge in [0.25, 0.3) is 5.91 Å². The Hall–Kier alpha value is -1.64. The molecule has 1 saturated heterocycles. The van der Waals surface area contributed by atoms with Crippen molar-refractivity contribution in [1.29, 1.82) is 0 Å². The molecule has 0 saturated carbocycles. The average molecular weight is 326 g/mol. The van der Waals surface area contributed by atoms with Crippen molar-refractivity contribution in [3.8, 4) is 5.75 Å². The van der Waals surface area contributed by atoms with Crippen molar-refractivity contribution in [2.24, 2.45) is 5.92 Å². The normalized spacial score (nSPS) is 26.0. The third kappa shape index (κ3) is 2.69. The van der Waals surface area contributed by atoms with Crippen molar-refractivity contribution in [2.45, 2.75) is 24.3 Å². The molecule has 0 bridgehead atoms. The van der Waals surface area contributed by atoms with E-state index in [1.807, 2.05) is 6.92 Å². The van der Waals surface area contributed by atoms with Gasteiger partial charge in [0.2, 0.25) is 10.0 Å². The van der Waals surface area contributed by atoms with E-state index in [0.717, 1.165) is 0 Å². The van der Waals surface area contributed by atoms with Gasteiger partial charge in [-0.3, -0.25) is 4.79 Å². The van der Waals surface area contributed by atoms with Gasteiger partial charge in [-0.2, -0.15) is 4.31 Å². The van der Waals surface area contributed by atoms with E-state index in [1.54, 1.807) is 6.07 Å². The van der Waals surface area contributed by atoms with Crippen LogP contribution in [0.15, 0.2) is 23.1 Å². The summed E-state index contributed by atoms with van der Waals surface area (Å²) in [5.74, 6) is 0.0435. The highest BCUT2D eigenvalue weighted by Gasteiger charge is 2.33. The summed E-state index contributed by atoms with van der Waals surface area (Å²) in [5.41, 5.74) is 0.363. The van der Waals surface area contributed by atoms with Gasteiger partial charge in [0.15, 0.2) is 6.61 Å². The lowest BCUT2D eigenvalue weighted by Gasteiger charge is -2.33. The Morgan fingerprint density at radius 1 is 1.41 bits per heavy atom. The number of sulfonamides is 1. The first-order chi connectivity index (χ1) is 10.4. The van der Waals surface area contributed by atoms with E-state index in [0.29, 0.717) is 17.9 Å². The van der Waals surface area contributed by atoms with Gasteiger partial charge >= 0.3 is 0 Å². The zero-order valence-electron chi connectivity index (χ0n) is 12.2. The molecule has 1 fully saturated rings. The van der Waals surface area contributed by atoms with Crippen LogP contribution < -0.4 is 10.1 Å². The maximum absolute atomic E-state index is 12.7. The first-order valence-corrected chi connectivity index (χ1v) is 8.57. The van der Waals surface area contributed by atoms with Crippen molar-refractivity contribution < 1.29 is 23.1 Å². The predicted octanol–water partition coefficient (Wildman–Crippen LogP) is 0.409. The molecule has 2 atom stereocenters. The largest absolute Gasteiger partial charge is 0.482 e. The number of amides is 1. The van der Waals surface area contributed by atoms with Gasteiger partial charge in [-0.15, -0.1) is 0 Å². The molecule has 0 spiro atoms. The molecule has 1 amide bonds. The van der Waals surface area contributed by atoms with E-state index in [-0.39, 0.29) is 36.4 Å². The maximum Gasteiger partial charge on any atom is 0.262 e. The summed E-state index contributed by atoms with van der Waals surface area (Å²) in [4.78, 5) is 11.5. The number of hydrogen-bond acceptors (Lipinski definition) is 5. The second kappa shape index (κ2) is 5.53. The van der Waals surface area contributed by atoms with E-state index in [4.69, 9.17) is 4.74 Å². The van der Waals surface area contributed by atoms with Crippen LogP contribution in [-0.2, 0) is 14.8 Å². The summed E-state index contributed by atoms with van der Waals surface area (Å²) < 4.78 is 32.0. The minimum atomic E-state index is -3.65. The number of fused-ring (bicyclic) bond motifs is 1. The number of aliphatic hydroxyl groups excluding tert-OH is 1. The first kappa shape index (κ1) is 15.3. The highest BCUT2D eigenvalue weighted by molar-refractivity contribution is 7.89. The van der Waals surface area contributed by atoms with Crippen LogP contribution in [0.1, 0.15) is 13.3 Å². The summed E-state index contributed by atoms with van der Waals surface area (Å²) in [7, 11) is -3.65. The SMILES string of the molecule is CC1CN(S(=O)(=O)c2ccc3c(c2)NC(=O)CO3)CCC1O. The Bertz CT molecular complexity index is 703. The second-order valence-corrected chi connectivity index (χ2v) is 7.63. The van der Waals surface area contributed by atoms with E-state index in [1.165, 1.54) is 16.4 Å². The zero-order chi connectivity index (χ0) is 15.9. The number of aliphatic hydroxyl groups is 1. The fourth-order valence-corrected chi connectivity index (χ4v) is 4.27. The molecule has 0 aliphatic carbocycles. The van der Waals surface area contributed by atoms with Crippen LogP contribution in [0.4, 0.5) is 5.69 Å². The minimum absolute atomic E-state index is 0.0688. The Morgan fingerprint density at radius 3 is 2.91 bits per heavy atom. The number of benzene rings is 1. The summed E-state index contributed by atoms with van der Waals surface area (Å²) in [6.07, 6.45) is -0.0479. The monoisotopic (exact) mass is 326 g/mol. The molecule has 2 heterocycles. The molecule has 1 aromatic carbocycles. The highest BCUT2D eigenvalue weighted by atomic mass is 32.2. The molecule has 8 heteroatoms. The number of carbonyl (C=O) groups excluding carboxylic acids is 1. The number of anilines is 1. The molecule has 0 radical (unpaired) electrons. The molecule has 0 aromatic heterocycles. The van der Waals surface area contributed by atoms with Crippen LogP contribution in [0.5, 0.6) is 5.75 Å². The molecule has 2 N–H and O–H groups in total. The third-order valence-corrected chi connectivity index (χ3v) is 5.91. The Balaban J connectivity index is 1.89. The van der Waals surface area contributed by atoms with Crippen molar-refractivity contribution >= 4 is 21.6 Å². The standard InChI is InChI=1S/C14H18N2O5S/c1-9-7-16(5-4-12(9)17)22(19,20)10-2-3-13-11(6-10)15-14(18)8-21-13/h2-3,6,9,12,17H,4-5,7-8H2,1H3,(H,15,18). The molecule has 2 aliphatic rings. The first-order valence-electron chi connectivity index (χ1n) is 7.13. The van der Waals surface area contributed by atoms with Gasteiger partial charge in [-0.1, -0.05) is 6.92 Å². The molecule has 3 rings (SSSR count). The number of piperidine rings is 1. The fraction of sp³-hybridized carbons (Fsp3) is 0.500. The quantitative estimate of drug-likeness (QED) is 0.820. The summed E-state index contributed by atoms with van der Waals surface area (Å²) >= 11 is 0. The Labute approximate surface area is 128 Å². The Kier molecular flexibility index (Phi) is 3.84. The van der Waals surface area contributed by atoms with E-state index in [9.17, 15) is 18.3 Å². The summed E-state index contributed by atoms with van der Waals surface area (Å²) in [6.45, 7) is 2.32. The van der Waals surface area contributed by atoms with Crippen LogP contribution in [0.2, 0.25) is 0 Å². The molecule has 120 valence electrons. The molecule has 2 unspecified atom stereocenters. The lowest BCUT2D eigenvalue weighted by Crippen LogP contribution is -2.44. The highest BCUT2D eigenvalue weighted by Crippen LogP contribution is 2.32. The minimum Gasteiger partial charge on any atom is -0.482 e. The molecular formula is C14H18N2O5S. The van der Waals surface area contributed by atoms with E-state index in [2.05, 4.69) is 5.32 Å². The molecule has 1 aromatic rings. The lowest BCUT2D eigenvalue weighted by atomic mass is 9.99. The topological polar surface area (TPSA) is 95.9 Å². The fourth-order valence-electron chi connectivity index (χ4n) is 2.69. The molecule has 22 heavy (non-hydrogen) atoms. The van der Waals surface area contributed by atoms with Gasteiger partial charge in [-0.05, 0) is 30.5 Å². The lowest BCUT2D eigenvalue weighted by molar-refractivity contribution is -0.118. The van der Waals surface area contributed by atoms with E-state index >= 15 is 0 Å². The average Bonchev–Trinajstić information content (AvgIpc) is 2.49. The number of ether oxygens (including phenoxy) is 1. The van der Waals surface area contributed by atoms with Crippen LogP contribution >= 0.6 is 0 Å². The van der Waals surface area contributed by atoms with Gasteiger partial charge in [-0.25, -0.2) is 8.42 Å².